The number of phenols is 1. The molecule has 0 amide bonds. The molecule has 2 rings (SSSR count). The summed E-state index contributed by atoms with van der Waals surface area (Å²) in [5, 5.41) is 17.2. The van der Waals surface area contributed by atoms with E-state index >= 15 is 0 Å². The van der Waals surface area contributed by atoms with Gasteiger partial charge in [-0.2, -0.15) is 5.10 Å². The molecule has 0 aliphatic rings. The summed E-state index contributed by atoms with van der Waals surface area (Å²) >= 11 is 0. The van der Waals surface area contributed by atoms with Gasteiger partial charge in [0.25, 0.3) is 0 Å². The lowest BCUT2D eigenvalue weighted by Gasteiger charge is -2.07. The fourth-order valence-electron chi connectivity index (χ4n) is 1.77. The average Bonchev–Trinajstić information content (AvgIpc) is 2.70. The van der Waals surface area contributed by atoms with Crippen LogP contribution >= 0.6 is 0 Å². The topological polar surface area (TPSA) is 50.1 Å². The highest BCUT2D eigenvalue weighted by Crippen LogP contribution is 2.20. The van der Waals surface area contributed by atoms with Gasteiger partial charge in [0.05, 0.1) is 6.20 Å². The summed E-state index contributed by atoms with van der Waals surface area (Å²) < 4.78 is 1.78. The van der Waals surface area contributed by atoms with Gasteiger partial charge in [0.2, 0.25) is 0 Å². The van der Waals surface area contributed by atoms with Crippen molar-refractivity contribution in [2.45, 2.75) is 20.0 Å². The molecule has 0 fully saturated rings. The molecule has 2 N–H and O–H groups in total. The predicted molar refractivity (Wildman–Crippen MR) is 66.6 cm³/mol. The van der Waals surface area contributed by atoms with E-state index < -0.39 is 0 Å². The third kappa shape index (κ3) is 2.85. The Kier molecular flexibility index (Phi) is 3.44. The second-order valence-corrected chi connectivity index (χ2v) is 4.21. The highest BCUT2D eigenvalue weighted by Gasteiger charge is 2.03. The zero-order valence-corrected chi connectivity index (χ0v) is 10.1. The van der Waals surface area contributed by atoms with Gasteiger partial charge >= 0.3 is 0 Å². The molecule has 0 unspecified atom stereocenters. The summed E-state index contributed by atoms with van der Waals surface area (Å²) in [7, 11) is 1.90. The molecule has 0 aliphatic carbocycles. The number of para-hydroxylation sites is 1. The molecule has 0 saturated heterocycles. The van der Waals surface area contributed by atoms with Crippen molar-refractivity contribution in [3.8, 4) is 5.75 Å². The molecular weight excluding hydrogens is 214 g/mol. The van der Waals surface area contributed by atoms with Crippen molar-refractivity contribution < 1.29 is 5.11 Å². The Labute approximate surface area is 101 Å². The van der Waals surface area contributed by atoms with E-state index in [9.17, 15) is 5.11 Å². The molecule has 0 saturated carbocycles. The van der Waals surface area contributed by atoms with Crippen molar-refractivity contribution >= 4 is 0 Å². The summed E-state index contributed by atoms with van der Waals surface area (Å²) in [5.41, 5.74) is 2.97. The minimum atomic E-state index is 0.381. The van der Waals surface area contributed by atoms with Gasteiger partial charge in [0.15, 0.2) is 0 Å². The van der Waals surface area contributed by atoms with Crippen LogP contribution < -0.4 is 5.32 Å². The van der Waals surface area contributed by atoms with E-state index in [4.69, 9.17) is 0 Å². The number of phenolic OH excluding ortho intramolecular Hbond substituents is 1. The molecule has 4 heteroatoms. The van der Waals surface area contributed by atoms with Gasteiger partial charge in [-0.3, -0.25) is 4.68 Å². The Balaban J connectivity index is 1.92. The van der Waals surface area contributed by atoms with Crippen molar-refractivity contribution in [1.29, 1.82) is 0 Å². The molecule has 1 aromatic carbocycles. The highest BCUT2D eigenvalue weighted by atomic mass is 16.3. The number of benzene rings is 1. The van der Waals surface area contributed by atoms with Crippen LogP contribution in [0.4, 0.5) is 0 Å². The number of aromatic nitrogens is 2. The first-order valence-electron chi connectivity index (χ1n) is 5.62. The van der Waals surface area contributed by atoms with E-state index in [1.165, 1.54) is 0 Å². The summed E-state index contributed by atoms with van der Waals surface area (Å²) in [6, 6.07) is 5.79. The predicted octanol–water partition coefficient (Wildman–Crippen LogP) is 1.72. The molecule has 17 heavy (non-hydrogen) atoms. The van der Waals surface area contributed by atoms with Crippen LogP contribution in [0.3, 0.4) is 0 Å². The molecule has 1 heterocycles. The van der Waals surface area contributed by atoms with E-state index in [1.807, 2.05) is 44.6 Å². The molecule has 0 radical (unpaired) electrons. The van der Waals surface area contributed by atoms with Gasteiger partial charge in [-0.15, -0.1) is 0 Å². The Bertz CT molecular complexity index is 505. The maximum absolute atomic E-state index is 9.84. The van der Waals surface area contributed by atoms with E-state index in [0.29, 0.717) is 12.3 Å². The molecule has 0 aliphatic heterocycles. The van der Waals surface area contributed by atoms with Gasteiger partial charge in [-0.25, -0.2) is 0 Å². The smallest absolute Gasteiger partial charge is 0.122 e. The van der Waals surface area contributed by atoms with Gasteiger partial charge in [-0.1, -0.05) is 18.2 Å². The number of nitrogens with zero attached hydrogens (tertiary/aromatic N) is 2. The minimum Gasteiger partial charge on any atom is -0.507 e. The lowest BCUT2D eigenvalue weighted by molar-refractivity contribution is 0.460. The second kappa shape index (κ2) is 5.01. The van der Waals surface area contributed by atoms with Crippen molar-refractivity contribution in [3.63, 3.8) is 0 Å². The van der Waals surface area contributed by atoms with Gasteiger partial charge < -0.3 is 10.4 Å². The van der Waals surface area contributed by atoms with Gasteiger partial charge in [0, 0.05) is 37.5 Å². The van der Waals surface area contributed by atoms with Gasteiger partial charge in [0.1, 0.15) is 5.75 Å². The summed E-state index contributed by atoms with van der Waals surface area (Å²) in [4.78, 5) is 0. The Hall–Kier alpha value is -1.81. The maximum atomic E-state index is 9.84. The Morgan fingerprint density at radius 2 is 2.18 bits per heavy atom. The number of aromatic hydroxyl groups is 1. The van der Waals surface area contributed by atoms with E-state index in [2.05, 4.69) is 10.4 Å². The van der Waals surface area contributed by atoms with Crippen LogP contribution in [-0.4, -0.2) is 14.9 Å². The minimum absolute atomic E-state index is 0.381. The zero-order chi connectivity index (χ0) is 12.3. The molecule has 0 bridgehead atoms. The second-order valence-electron chi connectivity index (χ2n) is 4.21. The third-order valence-corrected chi connectivity index (χ3v) is 2.72. The van der Waals surface area contributed by atoms with Crippen LogP contribution in [-0.2, 0) is 20.1 Å². The number of hydrogen-bond acceptors (Lipinski definition) is 3. The Morgan fingerprint density at radius 1 is 1.35 bits per heavy atom. The summed E-state index contributed by atoms with van der Waals surface area (Å²) in [5.74, 6) is 0.381. The normalized spacial score (nSPS) is 10.7. The number of hydrogen-bond donors (Lipinski definition) is 2. The Morgan fingerprint density at radius 3 is 2.88 bits per heavy atom. The van der Waals surface area contributed by atoms with Crippen molar-refractivity contribution in [3.05, 3.63) is 47.3 Å². The van der Waals surface area contributed by atoms with Crippen LogP contribution in [0.25, 0.3) is 0 Å². The first kappa shape index (κ1) is 11.7. The lowest BCUT2D eigenvalue weighted by Crippen LogP contribution is -2.12. The lowest BCUT2D eigenvalue weighted by atomic mass is 10.1. The number of nitrogens with one attached hydrogen (secondary N) is 1. The quantitative estimate of drug-likeness (QED) is 0.842. The zero-order valence-electron chi connectivity index (χ0n) is 10.1. The highest BCUT2D eigenvalue weighted by molar-refractivity contribution is 5.39. The molecule has 4 nitrogen and oxygen atoms in total. The average molecular weight is 231 g/mol. The van der Waals surface area contributed by atoms with Crippen LogP contribution in [0, 0.1) is 6.92 Å². The molecule has 0 atom stereocenters. The maximum Gasteiger partial charge on any atom is 0.122 e. The van der Waals surface area contributed by atoms with Gasteiger partial charge in [-0.05, 0) is 12.5 Å². The van der Waals surface area contributed by atoms with Crippen molar-refractivity contribution in [2.75, 3.05) is 0 Å². The van der Waals surface area contributed by atoms with Crippen molar-refractivity contribution in [2.24, 2.45) is 7.05 Å². The summed E-state index contributed by atoms with van der Waals surface area (Å²) in [6.07, 6.45) is 3.81. The molecule has 0 spiro atoms. The number of aryl methyl sites for hydroxylation is 2. The van der Waals surface area contributed by atoms with Crippen molar-refractivity contribution in [1.82, 2.24) is 15.1 Å². The summed E-state index contributed by atoms with van der Waals surface area (Å²) in [6.45, 7) is 3.31. The monoisotopic (exact) mass is 231 g/mol. The van der Waals surface area contributed by atoms with Crippen LogP contribution in [0.5, 0.6) is 5.75 Å². The van der Waals surface area contributed by atoms with Crippen LogP contribution in [0.2, 0.25) is 0 Å². The van der Waals surface area contributed by atoms with Crippen LogP contribution in [0.15, 0.2) is 30.6 Å². The fraction of sp³-hybridized carbons (Fsp3) is 0.308. The fourth-order valence-corrected chi connectivity index (χ4v) is 1.77. The SMILES string of the molecule is Cc1cccc(CNCc2cnn(C)c2)c1O. The third-order valence-electron chi connectivity index (χ3n) is 2.72. The van der Waals surface area contributed by atoms with Crippen LogP contribution in [0.1, 0.15) is 16.7 Å². The van der Waals surface area contributed by atoms with E-state index in [1.54, 1.807) is 4.68 Å². The molecule has 90 valence electrons. The molecular formula is C13H17N3O. The first-order valence-corrected chi connectivity index (χ1v) is 5.62. The van der Waals surface area contributed by atoms with E-state index in [0.717, 1.165) is 23.2 Å². The van der Waals surface area contributed by atoms with E-state index in [-0.39, 0.29) is 0 Å². The molecule has 2 aromatic rings. The number of rotatable bonds is 4. The first-order chi connectivity index (χ1) is 8.16. The largest absolute Gasteiger partial charge is 0.507 e. The standard InChI is InChI=1S/C13H17N3O/c1-10-4-3-5-12(13(10)17)8-14-6-11-7-15-16(2)9-11/h3-5,7,9,14,17H,6,8H2,1-2H3. The molecule has 1 aromatic heterocycles.